The van der Waals surface area contributed by atoms with Crippen LogP contribution in [0.25, 0.3) is 11.9 Å². The number of hydrogen-bond acceptors (Lipinski definition) is 4. The topological polar surface area (TPSA) is 55.6 Å². The van der Waals surface area contributed by atoms with Gasteiger partial charge in [0, 0.05) is 17.8 Å². The van der Waals surface area contributed by atoms with Gasteiger partial charge < -0.3 is 5.32 Å². The minimum Gasteiger partial charge on any atom is -0.313 e. The predicted molar refractivity (Wildman–Crippen MR) is 74.0 cm³/mol. The summed E-state index contributed by atoms with van der Waals surface area (Å²) in [5.41, 5.74) is 3.76. The third-order valence-corrected chi connectivity index (χ3v) is 3.61. The predicted octanol–water partition coefficient (Wildman–Crippen LogP) is 1.90. The molecule has 0 fully saturated rings. The summed E-state index contributed by atoms with van der Waals surface area (Å²) in [4.78, 5) is 8.59. The van der Waals surface area contributed by atoms with Crippen LogP contribution < -0.4 is 5.32 Å². The zero-order valence-electron chi connectivity index (χ0n) is 11.2. The van der Waals surface area contributed by atoms with Crippen molar-refractivity contribution in [2.75, 3.05) is 7.05 Å². The van der Waals surface area contributed by atoms with Crippen LogP contribution in [0, 0.1) is 0 Å². The quantitative estimate of drug-likeness (QED) is 0.910. The van der Waals surface area contributed by atoms with Crippen LogP contribution in [-0.2, 0) is 6.42 Å². The molecule has 2 aromatic heterocycles. The van der Waals surface area contributed by atoms with Crippen LogP contribution in [0.3, 0.4) is 0 Å². The fourth-order valence-electron chi connectivity index (χ4n) is 2.46. The van der Waals surface area contributed by atoms with E-state index in [1.54, 1.807) is 11.0 Å². The first-order chi connectivity index (χ1) is 9.31. The van der Waals surface area contributed by atoms with Gasteiger partial charge in [0.05, 0.1) is 0 Å². The van der Waals surface area contributed by atoms with E-state index in [9.17, 15) is 0 Å². The molecule has 0 aliphatic heterocycles. The average molecular weight is 255 g/mol. The van der Waals surface area contributed by atoms with Gasteiger partial charge in [-0.05, 0) is 37.9 Å². The molecule has 5 nitrogen and oxygen atoms in total. The van der Waals surface area contributed by atoms with Crippen molar-refractivity contribution in [1.82, 2.24) is 25.1 Å². The summed E-state index contributed by atoms with van der Waals surface area (Å²) in [6.45, 7) is 2.15. The van der Waals surface area contributed by atoms with Gasteiger partial charge in [0.2, 0.25) is 0 Å². The van der Waals surface area contributed by atoms with Crippen LogP contribution in [0.1, 0.15) is 36.1 Å². The second kappa shape index (κ2) is 4.93. The maximum Gasteiger partial charge on any atom is 0.158 e. The summed E-state index contributed by atoms with van der Waals surface area (Å²) in [5, 5.41) is 7.47. The Morgan fingerprint density at radius 3 is 3.05 bits per heavy atom. The van der Waals surface area contributed by atoms with E-state index in [1.807, 2.05) is 13.2 Å². The lowest BCUT2D eigenvalue weighted by Gasteiger charge is -2.21. The van der Waals surface area contributed by atoms with E-state index in [-0.39, 0.29) is 6.04 Å². The van der Waals surface area contributed by atoms with Gasteiger partial charge in [0.15, 0.2) is 5.82 Å². The van der Waals surface area contributed by atoms with Crippen molar-refractivity contribution >= 4 is 6.08 Å². The maximum absolute atomic E-state index is 4.59. The second-order valence-corrected chi connectivity index (χ2v) is 4.72. The Bertz CT molecular complexity index is 601. The van der Waals surface area contributed by atoms with Gasteiger partial charge >= 0.3 is 0 Å². The Kier molecular flexibility index (Phi) is 3.13. The van der Waals surface area contributed by atoms with Gasteiger partial charge in [0.1, 0.15) is 12.7 Å². The van der Waals surface area contributed by atoms with Crippen LogP contribution in [0.15, 0.2) is 24.9 Å². The lowest BCUT2D eigenvalue weighted by molar-refractivity contribution is 0.644. The molecule has 3 rings (SSSR count). The fraction of sp³-hybridized carbons (Fsp3) is 0.357. The highest BCUT2D eigenvalue weighted by atomic mass is 15.3. The summed E-state index contributed by atoms with van der Waals surface area (Å²) in [7, 11) is 1.97. The molecule has 1 N–H and O–H groups in total. The average Bonchev–Trinajstić information content (AvgIpc) is 2.99. The SMILES string of the molecule is CNC(C)c1cnc(-n2cncn2)c2c1C=CCC2. The molecule has 0 radical (unpaired) electrons. The summed E-state index contributed by atoms with van der Waals surface area (Å²) >= 11 is 0. The van der Waals surface area contributed by atoms with Crippen molar-refractivity contribution in [2.24, 2.45) is 0 Å². The summed E-state index contributed by atoms with van der Waals surface area (Å²) in [6.07, 6.45) is 11.6. The molecule has 1 aliphatic carbocycles. The third-order valence-electron chi connectivity index (χ3n) is 3.61. The lowest BCUT2D eigenvalue weighted by atomic mass is 9.92. The molecule has 0 amide bonds. The van der Waals surface area contributed by atoms with Crippen LogP contribution in [0.5, 0.6) is 0 Å². The highest BCUT2D eigenvalue weighted by molar-refractivity contribution is 5.64. The molecular formula is C14H17N5. The molecule has 0 spiro atoms. The van der Waals surface area contributed by atoms with E-state index in [0.29, 0.717) is 0 Å². The van der Waals surface area contributed by atoms with Crippen molar-refractivity contribution in [3.05, 3.63) is 41.6 Å². The van der Waals surface area contributed by atoms with Crippen molar-refractivity contribution in [1.29, 1.82) is 0 Å². The first kappa shape index (κ1) is 12.0. The Morgan fingerprint density at radius 1 is 1.42 bits per heavy atom. The number of rotatable bonds is 3. The molecule has 1 unspecified atom stereocenters. The maximum atomic E-state index is 4.59. The molecule has 19 heavy (non-hydrogen) atoms. The van der Waals surface area contributed by atoms with Crippen molar-refractivity contribution in [2.45, 2.75) is 25.8 Å². The van der Waals surface area contributed by atoms with E-state index in [4.69, 9.17) is 0 Å². The fourth-order valence-corrected chi connectivity index (χ4v) is 2.46. The monoisotopic (exact) mass is 255 g/mol. The minimum atomic E-state index is 0.286. The Morgan fingerprint density at radius 2 is 2.32 bits per heavy atom. The van der Waals surface area contributed by atoms with Gasteiger partial charge in [-0.25, -0.2) is 14.6 Å². The highest BCUT2D eigenvalue weighted by Gasteiger charge is 2.19. The minimum absolute atomic E-state index is 0.286. The van der Waals surface area contributed by atoms with Crippen LogP contribution >= 0.6 is 0 Å². The van der Waals surface area contributed by atoms with Gasteiger partial charge in [-0.2, -0.15) is 5.10 Å². The van der Waals surface area contributed by atoms with Gasteiger partial charge in [-0.15, -0.1) is 0 Å². The van der Waals surface area contributed by atoms with E-state index >= 15 is 0 Å². The molecular weight excluding hydrogens is 238 g/mol. The first-order valence-corrected chi connectivity index (χ1v) is 6.52. The molecule has 0 saturated heterocycles. The first-order valence-electron chi connectivity index (χ1n) is 6.52. The molecule has 0 bridgehead atoms. The van der Waals surface area contributed by atoms with Crippen molar-refractivity contribution < 1.29 is 0 Å². The molecule has 0 saturated carbocycles. The number of aromatic nitrogens is 4. The van der Waals surface area contributed by atoms with Crippen LogP contribution in [-0.4, -0.2) is 26.8 Å². The molecule has 0 aromatic carbocycles. The normalized spacial score (nSPS) is 15.3. The van der Waals surface area contributed by atoms with Gasteiger partial charge in [0.25, 0.3) is 0 Å². The summed E-state index contributed by atoms with van der Waals surface area (Å²) < 4.78 is 1.74. The number of hydrogen-bond donors (Lipinski definition) is 1. The van der Waals surface area contributed by atoms with Crippen LogP contribution in [0.2, 0.25) is 0 Å². The van der Waals surface area contributed by atoms with Crippen molar-refractivity contribution in [3.8, 4) is 5.82 Å². The lowest BCUT2D eigenvalue weighted by Crippen LogP contribution is -2.17. The number of fused-ring (bicyclic) bond motifs is 1. The van der Waals surface area contributed by atoms with Gasteiger partial charge in [-0.1, -0.05) is 12.2 Å². The molecule has 1 atom stereocenters. The number of nitrogens with one attached hydrogen (secondary N) is 1. The third kappa shape index (κ3) is 2.06. The smallest absolute Gasteiger partial charge is 0.158 e. The van der Waals surface area contributed by atoms with Crippen molar-refractivity contribution in [3.63, 3.8) is 0 Å². The number of nitrogens with zero attached hydrogens (tertiary/aromatic N) is 4. The number of pyridine rings is 1. The highest BCUT2D eigenvalue weighted by Crippen LogP contribution is 2.29. The molecule has 2 aromatic rings. The Balaban J connectivity index is 2.18. The summed E-state index contributed by atoms with van der Waals surface area (Å²) in [5.74, 6) is 0.893. The molecule has 98 valence electrons. The molecule has 2 heterocycles. The summed E-state index contributed by atoms with van der Waals surface area (Å²) in [6, 6.07) is 0.286. The van der Waals surface area contributed by atoms with E-state index in [2.05, 4.69) is 39.5 Å². The second-order valence-electron chi connectivity index (χ2n) is 4.72. The zero-order chi connectivity index (χ0) is 13.2. The molecule has 1 aliphatic rings. The standard InChI is InChI=1S/C14H17N5/c1-10(15-2)13-7-17-14(19-9-16-8-18-19)12-6-4-3-5-11(12)13/h3,5,7-10,15H,4,6H2,1-2H3. The largest absolute Gasteiger partial charge is 0.313 e. The van der Waals surface area contributed by atoms with E-state index in [0.717, 1.165) is 18.7 Å². The molecule has 5 heteroatoms. The van der Waals surface area contributed by atoms with E-state index < -0.39 is 0 Å². The van der Waals surface area contributed by atoms with Gasteiger partial charge in [-0.3, -0.25) is 0 Å². The van der Waals surface area contributed by atoms with Crippen LogP contribution in [0.4, 0.5) is 0 Å². The zero-order valence-corrected chi connectivity index (χ0v) is 11.2. The number of allylic oxidation sites excluding steroid dienone is 1. The Hall–Kier alpha value is -2.01. The van der Waals surface area contributed by atoms with E-state index in [1.165, 1.54) is 23.0 Å². The Labute approximate surface area is 112 Å².